The van der Waals surface area contributed by atoms with Gasteiger partial charge in [0.05, 0.1) is 0 Å². The molecule has 2 rings (SSSR count). The number of amides is 1. The molecular weight excluding hydrogens is 556 g/mol. The Morgan fingerprint density at radius 3 is 1.90 bits per heavy atom. The largest absolute Gasteiger partial charge is 0.463 e. The van der Waals surface area contributed by atoms with Gasteiger partial charge in [0, 0.05) is 39.5 Å². The lowest BCUT2D eigenvalue weighted by atomic mass is 9.90. The van der Waals surface area contributed by atoms with Crippen molar-refractivity contribution in [3.05, 3.63) is 10.4 Å². The molecule has 2 saturated heterocycles. The molecule has 2 heterocycles. The van der Waals surface area contributed by atoms with E-state index < -0.39 is 104 Å². The second-order valence-electron chi connectivity index (χ2n) is 9.44. The van der Waals surface area contributed by atoms with Crippen LogP contribution in [0.3, 0.4) is 0 Å². The number of aliphatic hydroxyl groups is 2. The van der Waals surface area contributed by atoms with Crippen LogP contribution in [0.1, 0.15) is 41.5 Å². The maximum atomic E-state index is 12.1. The van der Waals surface area contributed by atoms with Gasteiger partial charge in [0.15, 0.2) is 18.2 Å². The van der Waals surface area contributed by atoms with Crippen molar-refractivity contribution in [3.8, 4) is 0 Å². The Morgan fingerprint density at radius 1 is 0.878 bits per heavy atom. The maximum Gasteiger partial charge on any atom is 0.303 e. The maximum absolute atomic E-state index is 12.1. The van der Waals surface area contributed by atoms with E-state index in [1.165, 1.54) is 6.92 Å². The van der Waals surface area contributed by atoms with Crippen LogP contribution >= 0.6 is 0 Å². The number of hydrogen-bond acceptors (Lipinski definition) is 15. The predicted octanol–water partition coefficient (Wildman–Crippen LogP) is -1.26. The molecular formula is C23H34N4O14. The van der Waals surface area contributed by atoms with Gasteiger partial charge in [-0.2, -0.15) is 0 Å². The van der Waals surface area contributed by atoms with Crippen LogP contribution in [0.5, 0.6) is 0 Å². The number of carbonyl (C=O) groups is 5. The summed E-state index contributed by atoms with van der Waals surface area (Å²) in [4.78, 5) is 61.6. The number of hydrogen-bond donors (Lipinski definition) is 3. The number of esters is 4. The number of nitrogens with one attached hydrogen (secondary N) is 1. The SMILES string of the molecule is CC(=O)N[C@@H]1[C@@H](O)[C@H](O)[C@@H](COC(C)=O)O[C@@]1(C)O[C@@H]1O[C@H](COC(C)=O)[C@@H](OC(C)=O)[C@H](N=[N+]=[N-])[C@H]1OC(C)=O. The van der Waals surface area contributed by atoms with E-state index in [4.69, 9.17) is 33.2 Å². The molecule has 2 aliphatic heterocycles. The first kappa shape index (κ1) is 33.7. The minimum atomic E-state index is -2.10. The fraction of sp³-hybridized carbons (Fsp3) is 0.783. The quantitative estimate of drug-likeness (QED) is 0.0883. The predicted molar refractivity (Wildman–Crippen MR) is 130 cm³/mol. The van der Waals surface area contributed by atoms with Gasteiger partial charge in [-0.05, 0) is 12.5 Å². The first-order valence-electron chi connectivity index (χ1n) is 12.4. The summed E-state index contributed by atoms with van der Waals surface area (Å²) >= 11 is 0. The summed E-state index contributed by atoms with van der Waals surface area (Å²) in [7, 11) is 0. The van der Waals surface area contributed by atoms with E-state index in [1.807, 2.05) is 0 Å². The molecule has 2 fully saturated rings. The highest BCUT2D eigenvalue weighted by Gasteiger charge is 2.58. The number of ether oxygens (including phenoxy) is 7. The van der Waals surface area contributed by atoms with Crippen molar-refractivity contribution in [1.82, 2.24) is 5.32 Å². The molecule has 0 aromatic heterocycles. The molecule has 18 heteroatoms. The molecule has 3 N–H and O–H groups in total. The molecule has 0 aromatic carbocycles. The molecule has 230 valence electrons. The molecule has 10 atom stereocenters. The van der Waals surface area contributed by atoms with Crippen LogP contribution in [-0.2, 0) is 57.1 Å². The molecule has 0 aromatic rings. The van der Waals surface area contributed by atoms with Gasteiger partial charge in [0.25, 0.3) is 0 Å². The van der Waals surface area contributed by atoms with Crippen LogP contribution in [0.25, 0.3) is 10.4 Å². The van der Waals surface area contributed by atoms with Crippen molar-refractivity contribution in [3.63, 3.8) is 0 Å². The minimum absolute atomic E-state index is 0.525. The monoisotopic (exact) mass is 590 g/mol. The molecule has 2 aliphatic rings. The molecule has 0 aliphatic carbocycles. The Morgan fingerprint density at radius 2 is 1.41 bits per heavy atom. The number of nitrogens with zero attached hydrogens (tertiary/aromatic N) is 3. The third-order valence-electron chi connectivity index (χ3n) is 6.04. The Labute approximate surface area is 234 Å². The molecule has 0 unspecified atom stereocenters. The van der Waals surface area contributed by atoms with Gasteiger partial charge in [0.2, 0.25) is 5.91 Å². The van der Waals surface area contributed by atoms with E-state index >= 15 is 0 Å². The number of aliphatic hydroxyl groups excluding tert-OH is 2. The van der Waals surface area contributed by atoms with Crippen molar-refractivity contribution in [2.75, 3.05) is 13.2 Å². The van der Waals surface area contributed by atoms with Gasteiger partial charge < -0.3 is 48.7 Å². The molecule has 0 saturated carbocycles. The topological polar surface area (TPSA) is 251 Å². The van der Waals surface area contributed by atoms with Crippen molar-refractivity contribution in [2.24, 2.45) is 5.11 Å². The van der Waals surface area contributed by atoms with Crippen molar-refractivity contribution < 1.29 is 67.3 Å². The molecule has 0 radical (unpaired) electrons. The highest BCUT2D eigenvalue weighted by molar-refractivity contribution is 5.73. The van der Waals surface area contributed by atoms with Gasteiger partial charge in [-0.15, -0.1) is 0 Å². The third kappa shape index (κ3) is 8.97. The van der Waals surface area contributed by atoms with E-state index in [9.17, 15) is 39.7 Å². The van der Waals surface area contributed by atoms with Gasteiger partial charge in [0.1, 0.15) is 55.8 Å². The zero-order chi connectivity index (χ0) is 31.1. The number of carbonyl (C=O) groups excluding carboxylic acids is 5. The van der Waals surface area contributed by atoms with Crippen molar-refractivity contribution >= 4 is 29.8 Å². The average Bonchev–Trinajstić information content (AvgIpc) is 2.85. The molecule has 0 spiro atoms. The first-order valence-corrected chi connectivity index (χ1v) is 12.4. The van der Waals surface area contributed by atoms with E-state index in [0.29, 0.717) is 0 Å². The van der Waals surface area contributed by atoms with Crippen LogP contribution < -0.4 is 5.32 Å². The Bertz CT molecular complexity index is 1050. The molecule has 41 heavy (non-hydrogen) atoms. The van der Waals surface area contributed by atoms with Crippen molar-refractivity contribution in [2.45, 2.75) is 102 Å². The Hall–Kier alpha value is -3.54. The van der Waals surface area contributed by atoms with E-state index in [0.717, 1.165) is 34.6 Å². The lowest BCUT2D eigenvalue weighted by Crippen LogP contribution is -2.72. The Kier molecular flexibility index (Phi) is 11.8. The fourth-order valence-electron chi connectivity index (χ4n) is 4.44. The van der Waals surface area contributed by atoms with Gasteiger partial charge >= 0.3 is 23.9 Å². The van der Waals surface area contributed by atoms with E-state index in [2.05, 4.69) is 15.3 Å². The molecule has 0 bridgehead atoms. The second-order valence-corrected chi connectivity index (χ2v) is 9.44. The zero-order valence-corrected chi connectivity index (χ0v) is 23.2. The van der Waals surface area contributed by atoms with Crippen molar-refractivity contribution in [1.29, 1.82) is 0 Å². The summed E-state index contributed by atoms with van der Waals surface area (Å²) in [6.07, 6.45) is -10.9. The van der Waals surface area contributed by atoms with Crippen LogP contribution in [0.4, 0.5) is 0 Å². The summed E-state index contributed by atoms with van der Waals surface area (Å²) in [5.74, 6) is -5.91. The van der Waals surface area contributed by atoms with Crippen LogP contribution in [0.2, 0.25) is 0 Å². The highest BCUT2D eigenvalue weighted by atomic mass is 16.8. The summed E-state index contributed by atoms with van der Waals surface area (Å²) < 4.78 is 38.4. The Balaban J connectivity index is 2.58. The van der Waals surface area contributed by atoms with Crippen LogP contribution in [0, 0.1) is 0 Å². The van der Waals surface area contributed by atoms with Gasteiger partial charge in [-0.3, -0.25) is 24.0 Å². The van der Waals surface area contributed by atoms with Gasteiger partial charge in [-0.1, -0.05) is 5.11 Å². The smallest absolute Gasteiger partial charge is 0.303 e. The summed E-state index contributed by atoms with van der Waals surface area (Å²) in [5.41, 5.74) is 9.26. The molecule has 1 amide bonds. The number of azide groups is 1. The summed E-state index contributed by atoms with van der Waals surface area (Å²) in [6.45, 7) is 5.63. The highest BCUT2D eigenvalue weighted by Crippen LogP contribution is 2.37. The number of rotatable bonds is 10. The minimum Gasteiger partial charge on any atom is -0.463 e. The third-order valence-corrected chi connectivity index (χ3v) is 6.04. The summed E-state index contributed by atoms with van der Waals surface area (Å²) in [6, 6.07) is -2.98. The van der Waals surface area contributed by atoms with Crippen LogP contribution in [-0.4, -0.2) is 114 Å². The van der Waals surface area contributed by atoms with E-state index in [1.54, 1.807) is 0 Å². The lowest BCUT2D eigenvalue weighted by Gasteiger charge is -2.51. The fourth-order valence-corrected chi connectivity index (χ4v) is 4.44. The van der Waals surface area contributed by atoms with E-state index in [-0.39, 0.29) is 0 Å². The standard InChI is InChI=1S/C23H34N4O14/c1-9(28)25-21-18(34)17(33)14(7-35-10(2)29)40-23(21,6)41-22-20(38-13(5)32)16(26-27-24)19(37-12(4)31)15(39-22)8-36-11(3)30/h14-22,33-34H,7-8H2,1-6H3,(H,25,28)/t14-,15-,16+,17-,18+,19-,20-,21-,22+,23+/m1/s1. The lowest BCUT2D eigenvalue weighted by molar-refractivity contribution is -0.394. The normalized spacial score (nSPS) is 34.8. The molecule has 18 nitrogen and oxygen atoms in total. The zero-order valence-electron chi connectivity index (χ0n) is 23.2. The average molecular weight is 591 g/mol. The second kappa shape index (κ2) is 14.4. The van der Waals surface area contributed by atoms with Crippen LogP contribution in [0.15, 0.2) is 5.11 Å². The summed E-state index contributed by atoms with van der Waals surface area (Å²) in [5, 5.41) is 27.5. The van der Waals surface area contributed by atoms with Gasteiger partial charge in [-0.25, -0.2) is 0 Å². The first-order chi connectivity index (χ1) is 19.1.